The Kier molecular flexibility index (Phi) is 4.28. The number of rotatable bonds is 2. The summed E-state index contributed by atoms with van der Waals surface area (Å²) in [7, 11) is 0. The van der Waals surface area contributed by atoms with E-state index in [4.69, 9.17) is 0 Å². The highest BCUT2D eigenvalue weighted by Gasteiger charge is 2.30. The van der Waals surface area contributed by atoms with E-state index < -0.39 is 0 Å². The number of nitrogens with zero attached hydrogens (tertiary/aromatic N) is 1. The van der Waals surface area contributed by atoms with Crippen LogP contribution in [0.2, 0.25) is 0 Å². The van der Waals surface area contributed by atoms with Gasteiger partial charge in [-0.25, -0.2) is 4.79 Å². The summed E-state index contributed by atoms with van der Waals surface area (Å²) in [6.45, 7) is 2.10. The number of urea groups is 1. The van der Waals surface area contributed by atoms with Gasteiger partial charge in [-0.1, -0.05) is 43.5 Å². The smallest absolute Gasteiger partial charge is 0.315 e. The highest BCUT2D eigenvalue weighted by molar-refractivity contribution is 5.95. The predicted octanol–water partition coefficient (Wildman–Crippen LogP) is 4.24. The summed E-state index contributed by atoms with van der Waals surface area (Å²) in [5.41, 5.74) is 2.31. The van der Waals surface area contributed by atoms with Crippen LogP contribution in [0.5, 0.6) is 0 Å². The molecule has 0 bridgehead atoms. The molecule has 1 heterocycles. The van der Waals surface area contributed by atoms with E-state index >= 15 is 0 Å². The molecule has 1 saturated carbocycles. The van der Waals surface area contributed by atoms with Crippen LogP contribution in [0.25, 0.3) is 0 Å². The van der Waals surface area contributed by atoms with E-state index in [1.165, 1.54) is 37.7 Å². The van der Waals surface area contributed by atoms with E-state index in [0.29, 0.717) is 5.92 Å². The lowest BCUT2D eigenvalue weighted by Gasteiger charge is -2.22. The van der Waals surface area contributed by atoms with Crippen molar-refractivity contribution >= 4 is 11.7 Å². The van der Waals surface area contributed by atoms with Gasteiger partial charge < -0.3 is 5.32 Å². The molecule has 0 radical (unpaired) electrons. The number of allylic oxidation sites excluding steroid dienone is 1. The van der Waals surface area contributed by atoms with E-state index in [0.717, 1.165) is 12.1 Å². The lowest BCUT2D eigenvalue weighted by Crippen LogP contribution is -2.41. The molecule has 21 heavy (non-hydrogen) atoms. The summed E-state index contributed by atoms with van der Waals surface area (Å²) in [5.74, 6) is 0.641. The minimum absolute atomic E-state index is 0.0143. The maximum absolute atomic E-state index is 12.4. The third-order valence-corrected chi connectivity index (χ3v) is 4.65. The van der Waals surface area contributed by atoms with Gasteiger partial charge >= 0.3 is 6.03 Å². The Hall–Kier alpha value is -1.77. The molecular formula is C18H24N2O. The number of para-hydroxylation sites is 1. The minimum atomic E-state index is -0.0143. The monoisotopic (exact) mass is 284 g/mol. The van der Waals surface area contributed by atoms with Gasteiger partial charge in [0, 0.05) is 17.9 Å². The van der Waals surface area contributed by atoms with Crippen LogP contribution in [-0.2, 0) is 6.42 Å². The lowest BCUT2D eigenvalue weighted by atomic mass is 9.89. The standard InChI is InChI=1S/C18H24N2O/c1-14-13-16-9-5-6-10-17(16)20(14)18(21)19-12-11-15-7-3-2-4-8-15/h5-6,9-12,14-15H,2-4,7-8,13H2,1H3,(H,19,21)/b12-11+. The molecule has 3 nitrogen and oxygen atoms in total. The predicted molar refractivity (Wildman–Crippen MR) is 86.3 cm³/mol. The fraction of sp³-hybridized carbons (Fsp3) is 0.500. The first-order chi connectivity index (χ1) is 10.3. The second kappa shape index (κ2) is 6.33. The molecule has 112 valence electrons. The molecule has 3 rings (SSSR count). The molecule has 0 spiro atoms. The number of carbonyl (C=O) groups is 1. The molecule has 3 heteroatoms. The zero-order chi connectivity index (χ0) is 14.7. The molecule has 1 aromatic rings. The average Bonchev–Trinajstić information content (AvgIpc) is 2.84. The van der Waals surface area contributed by atoms with E-state index in [1.54, 1.807) is 0 Å². The summed E-state index contributed by atoms with van der Waals surface area (Å²) >= 11 is 0. The van der Waals surface area contributed by atoms with Gasteiger partial charge in [0.1, 0.15) is 0 Å². The van der Waals surface area contributed by atoms with Crippen LogP contribution in [0.15, 0.2) is 36.5 Å². The molecule has 1 N–H and O–H groups in total. The molecule has 0 saturated heterocycles. The van der Waals surface area contributed by atoms with E-state index in [-0.39, 0.29) is 12.1 Å². The number of amides is 2. The zero-order valence-corrected chi connectivity index (χ0v) is 12.7. The van der Waals surface area contributed by atoms with Crippen molar-refractivity contribution in [3.8, 4) is 0 Å². The van der Waals surface area contributed by atoms with Gasteiger partial charge in [0.25, 0.3) is 0 Å². The zero-order valence-electron chi connectivity index (χ0n) is 12.7. The molecule has 1 unspecified atom stereocenters. The number of benzene rings is 1. The Labute approximate surface area is 127 Å². The fourth-order valence-electron chi connectivity index (χ4n) is 3.53. The number of hydrogen-bond donors (Lipinski definition) is 1. The van der Waals surface area contributed by atoms with Gasteiger partial charge in [-0.15, -0.1) is 0 Å². The van der Waals surface area contributed by atoms with Crippen LogP contribution < -0.4 is 10.2 Å². The third kappa shape index (κ3) is 3.12. The van der Waals surface area contributed by atoms with Crippen molar-refractivity contribution in [2.24, 2.45) is 5.92 Å². The van der Waals surface area contributed by atoms with Gasteiger partial charge in [-0.3, -0.25) is 4.90 Å². The Morgan fingerprint density at radius 1 is 1.24 bits per heavy atom. The molecule has 0 aromatic heterocycles. The Bertz CT molecular complexity index is 532. The van der Waals surface area contributed by atoms with Gasteiger partial charge in [0.05, 0.1) is 0 Å². The molecule has 1 atom stereocenters. The average molecular weight is 284 g/mol. The third-order valence-electron chi connectivity index (χ3n) is 4.65. The number of anilines is 1. The normalized spacial score (nSPS) is 22.5. The Morgan fingerprint density at radius 3 is 2.81 bits per heavy atom. The van der Waals surface area contributed by atoms with Crippen molar-refractivity contribution in [1.82, 2.24) is 5.32 Å². The highest BCUT2D eigenvalue weighted by Crippen LogP contribution is 2.31. The first kappa shape index (κ1) is 14.2. The summed E-state index contributed by atoms with van der Waals surface area (Å²) in [6, 6.07) is 8.38. The molecule has 2 amide bonds. The maximum atomic E-state index is 12.4. The molecule has 1 aliphatic heterocycles. The van der Waals surface area contributed by atoms with Crippen molar-refractivity contribution < 1.29 is 4.79 Å². The number of nitrogens with one attached hydrogen (secondary N) is 1. The van der Waals surface area contributed by atoms with Crippen LogP contribution in [0.4, 0.5) is 10.5 Å². The van der Waals surface area contributed by atoms with E-state index in [9.17, 15) is 4.79 Å². The molecule has 1 aromatic carbocycles. The van der Waals surface area contributed by atoms with E-state index in [2.05, 4.69) is 24.4 Å². The van der Waals surface area contributed by atoms with Crippen LogP contribution in [-0.4, -0.2) is 12.1 Å². The van der Waals surface area contributed by atoms with Gasteiger partial charge in [0.2, 0.25) is 0 Å². The van der Waals surface area contributed by atoms with Crippen molar-refractivity contribution in [1.29, 1.82) is 0 Å². The maximum Gasteiger partial charge on any atom is 0.326 e. The second-order valence-electron chi connectivity index (χ2n) is 6.26. The van der Waals surface area contributed by atoms with Crippen molar-refractivity contribution in [2.75, 3.05) is 4.90 Å². The van der Waals surface area contributed by atoms with Crippen LogP contribution in [0.1, 0.15) is 44.6 Å². The van der Waals surface area contributed by atoms with Crippen molar-refractivity contribution in [2.45, 2.75) is 51.5 Å². The number of carbonyl (C=O) groups excluding carboxylic acids is 1. The SMILES string of the molecule is CC1Cc2ccccc2N1C(=O)N/C=C/C1CCCCC1. The lowest BCUT2D eigenvalue weighted by molar-refractivity contribution is 0.248. The van der Waals surface area contributed by atoms with Crippen molar-refractivity contribution in [3.63, 3.8) is 0 Å². The fourth-order valence-corrected chi connectivity index (χ4v) is 3.53. The largest absolute Gasteiger partial charge is 0.326 e. The molecule has 2 aliphatic rings. The molecular weight excluding hydrogens is 260 g/mol. The van der Waals surface area contributed by atoms with Crippen LogP contribution in [0.3, 0.4) is 0 Å². The first-order valence-corrected chi connectivity index (χ1v) is 8.10. The summed E-state index contributed by atoms with van der Waals surface area (Å²) in [4.78, 5) is 14.3. The van der Waals surface area contributed by atoms with Crippen molar-refractivity contribution in [3.05, 3.63) is 42.1 Å². The number of fused-ring (bicyclic) bond motifs is 1. The topological polar surface area (TPSA) is 32.3 Å². The van der Waals surface area contributed by atoms with Gasteiger partial charge in [0.15, 0.2) is 0 Å². The molecule has 1 fully saturated rings. The Morgan fingerprint density at radius 2 is 2.00 bits per heavy atom. The first-order valence-electron chi connectivity index (χ1n) is 8.10. The molecule has 1 aliphatic carbocycles. The second-order valence-corrected chi connectivity index (χ2v) is 6.26. The van der Waals surface area contributed by atoms with Crippen LogP contribution in [0, 0.1) is 5.92 Å². The summed E-state index contributed by atoms with van der Waals surface area (Å²) < 4.78 is 0. The Balaban J connectivity index is 1.61. The summed E-state index contributed by atoms with van der Waals surface area (Å²) in [6.07, 6.45) is 11.5. The van der Waals surface area contributed by atoms with Gasteiger partial charge in [-0.2, -0.15) is 0 Å². The van der Waals surface area contributed by atoms with Crippen LogP contribution >= 0.6 is 0 Å². The van der Waals surface area contributed by atoms with E-state index in [1.807, 2.05) is 29.3 Å². The summed E-state index contributed by atoms with van der Waals surface area (Å²) in [5, 5.41) is 2.95. The number of hydrogen-bond acceptors (Lipinski definition) is 1. The van der Waals surface area contributed by atoms with Gasteiger partial charge in [-0.05, 0) is 43.7 Å². The highest BCUT2D eigenvalue weighted by atomic mass is 16.2. The quantitative estimate of drug-likeness (QED) is 0.865. The minimum Gasteiger partial charge on any atom is -0.315 e.